The molecule has 2 nitrogen and oxygen atoms in total. The zero-order valence-corrected chi connectivity index (χ0v) is 15.3. The Bertz CT molecular complexity index is 679. The van der Waals surface area contributed by atoms with Crippen molar-refractivity contribution in [2.45, 2.75) is 50.8 Å². The highest BCUT2D eigenvalue weighted by Crippen LogP contribution is 2.25. The average molecular weight is 327 g/mol. The van der Waals surface area contributed by atoms with E-state index >= 15 is 0 Å². The number of hydrogen-bond donors (Lipinski definition) is 1. The molecule has 23 heavy (non-hydrogen) atoms. The highest BCUT2D eigenvalue weighted by molar-refractivity contribution is 8.00. The van der Waals surface area contributed by atoms with Gasteiger partial charge in [0, 0.05) is 4.90 Å². The van der Waals surface area contributed by atoms with Gasteiger partial charge in [0.1, 0.15) is 0 Å². The van der Waals surface area contributed by atoms with Crippen LogP contribution in [0.1, 0.15) is 42.1 Å². The number of carbonyl (C=O) groups is 1. The topological polar surface area (TPSA) is 29.1 Å². The SMILES string of the molecule is Cc1ccc(S[C@H](C)C(=O)N[C@@H](C)c2cc(C)ccc2C)cc1. The summed E-state index contributed by atoms with van der Waals surface area (Å²) >= 11 is 1.59. The molecule has 0 radical (unpaired) electrons. The molecule has 0 aliphatic carbocycles. The average Bonchev–Trinajstić information content (AvgIpc) is 2.51. The van der Waals surface area contributed by atoms with Crippen molar-refractivity contribution in [1.29, 1.82) is 0 Å². The van der Waals surface area contributed by atoms with Gasteiger partial charge in [0.05, 0.1) is 11.3 Å². The Morgan fingerprint density at radius 1 is 0.957 bits per heavy atom. The van der Waals surface area contributed by atoms with Crippen LogP contribution in [-0.4, -0.2) is 11.2 Å². The van der Waals surface area contributed by atoms with E-state index in [9.17, 15) is 4.79 Å². The lowest BCUT2D eigenvalue weighted by atomic mass is 10.00. The number of nitrogens with one attached hydrogen (secondary N) is 1. The van der Waals surface area contributed by atoms with E-state index in [1.54, 1.807) is 11.8 Å². The van der Waals surface area contributed by atoms with Crippen LogP contribution in [-0.2, 0) is 4.79 Å². The Morgan fingerprint density at radius 2 is 1.57 bits per heavy atom. The summed E-state index contributed by atoms with van der Waals surface area (Å²) in [6, 6.07) is 14.7. The predicted octanol–water partition coefficient (Wildman–Crippen LogP) is 4.97. The van der Waals surface area contributed by atoms with E-state index in [0.29, 0.717) is 0 Å². The van der Waals surface area contributed by atoms with Crippen LogP contribution in [0, 0.1) is 20.8 Å². The Labute approximate surface area is 143 Å². The summed E-state index contributed by atoms with van der Waals surface area (Å²) in [5.41, 5.74) is 4.84. The van der Waals surface area contributed by atoms with E-state index in [1.165, 1.54) is 22.3 Å². The first-order valence-corrected chi connectivity index (χ1v) is 8.85. The van der Waals surface area contributed by atoms with Crippen LogP contribution in [0.4, 0.5) is 0 Å². The molecule has 0 saturated heterocycles. The van der Waals surface area contributed by atoms with Gasteiger partial charge in [0.15, 0.2) is 0 Å². The minimum absolute atomic E-state index is 0.0171. The Morgan fingerprint density at radius 3 is 2.22 bits per heavy atom. The second-order valence-electron chi connectivity index (χ2n) is 6.16. The maximum absolute atomic E-state index is 12.5. The smallest absolute Gasteiger partial charge is 0.233 e. The fourth-order valence-electron chi connectivity index (χ4n) is 2.51. The van der Waals surface area contributed by atoms with Crippen LogP contribution in [0.2, 0.25) is 0 Å². The summed E-state index contributed by atoms with van der Waals surface area (Å²) in [5.74, 6) is 0.0731. The molecule has 0 heterocycles. The Hall–Kier alpha value is -1.74. The second-order valence-corrected chi connectivity index (χ2v) is 7.58. The van der Waals surface area contributed by atoms with Crippen LogP contribution in [0.15, 0.2) is 47.4 Å². The molecule has 0 saturated carbocycles. The van der Waals surface area contributed by atoms with E-state index in [4.69, 9.17) is 0 Å². The number of hydrogen-bond acceptors (Lipinski definition) is 2. The molecule has 0 unspecified atom stereocenters. The van der Waals surface area contributed by atoms with Crippen molar-refractivity contribution in [3.05, 3.63) is 64.7 Å². The summed E-state index contributed by atoms with van der Waals surface area (Å²) in [6.45, 7) is 10.2. The first-order valence-electron chi connectivity index (χ1n) is 7.97. The lowest BCUT2D eigenvalue weighted by Gasteiger charge is -2.20. The summed E-state index contributed by atoms with van der Waals surface area (Å²) in [5, 5.41) is 3.02. The molecule has 0 aliphatic rings. The Balaban J connectivity index is 2.00. The van der Waals surface area contributed by atoms with Gasteiger partial charge in [-0.05, 0) is 57.9 Å². The maximum Gasteiger partial charge on any atom is 0.233 e. The number of thioether (sulfide) groups is 1. The molecule has 2 aromatic rings. The van der Waals surface area contributed by atoms with Gasteiger partial charge in [0.25, 0.3) is 0 Å². The van der Waals surface area contributed by atoms with Gasteiger partial charge in [-0.3, -0.25) is 4.79 Å². The third kappa shape index (κ3) is 4.87. The van der Waals surface area contributed by atoms with Crippen molar-refractivity contribution in [1.82, 2.24) is 5.32 Å². The van der Waals surface area contributed by atoms with E-state index < -0.39 is 0 Å². The third-order valence-corrected chi connectivity index (χ3v) is 5.08. The fourth-order valence-corrected chi connectivity index (χ4v) is 3.39. The highest BCUT2D eigenvalue weighted by Gasteiger charge is 2.18. The fraction of sp³-hybridized carbons (Fsp3) is 0.350. The molecule has 1 N–H and O–H groups in total. The molecule has 0 aromatic heterocycles. The minimum Gasteiger partial charge on any atom is -0.349 e. The van der Waals surface area contributed by atoms with E-state index in [0.717, 1.165) is 4.90 Å². The molecule has 0 spiro atoms. The Kier molecular flexibility index (Phi) is 5.89. The molecule has 2 rings (SSSR count). The van der Waals surface area contributed by atoms with Gasteiger partial charge in [-0.15, -0.1) is 11.8 Å². The van der Waals surface area contributed by atoms with Crippen LogP contribution >= 0.6 is 11.8 Å². The van der Waals surface area contributed by atoms with Gasteiger partial charge in [-0.2, -0.15) is 0 Å². The molecular weight excluding hydrogens is 302 g/mol. The van der Waals surface area contributed by atoms with E-state index in [1.807, 2.05) is 13.8 Å². The van der Waals surface area contributed by atoms with Gasteiger partial charge < -0.3 is 5.32 Å². The molecular formula is C20H25NOS. The van der Waals surface area contributed by atoms with Crippen LogP contribution in [0.5, 0.6) is 0 Å². The standard InChI is InChI=1S/C20H25NOS/c1-13-7-10-18(11-8-13)23-17(5)20(22)21-16(4)19-12-14(2)6-9-15(19)3/h6-12,16-17H,1-5H3,(H,21,22)/t16-,17+/m0/s1. The molecule has 2 atom stereocenters. The molecule has 0 aliphatic heterocycles. The monoisotopic (exact) mass is 327 g/mol. The van der Waals surface area contributed by atoms with Gasteiger partial charge in [-0.25, -0.2) is 0 Å². The number of carbonyl (C=O) groups excluding carboxylic acids is 1. The van der Waals surface area contributed by atoms with Gasteiger partial charge in [0.2, 0.25) is 5.91 Å². The third-order valence-electron chi connectivity index (χ3n) is 3.96. The summed E-state index contributed by atoms with van der Waals surface area (Å²) in [6.07, 6.45) is 0. The molecule has 3 heteroatoms. The van der Waals surface area contributed by atoms with Crippen molar-refractivity contribution < 1.29 is 4.79 Å². The molecule has 1 amide bonds. The predicted molar refractivity (Wildman–Crippen MR) is 99.0 cm³/mol. The largest absolute Gasteiger partial charge is 0.349 e. The molecule has 0 bridgehead atoms. The van der Waals surface area contributed by atoms with Crippen molar-refractivity contribution in [3.63, 3.8) is 0 Å². The first kappa shape index (κ1) is 17.6. The number of benzene rings is 2. The second kappa shape index (κ2) is 7.69. The van der Waals surface area contributed by atoms with Crippen LogP contribution < -0.4 is 5.32 Å². The summed E-state index contributed by atoms with van der Waals surface area (Å²) in [7, 11) is 0. The zero-order chi connectivity index (χ0) is 17.0. The normalized spacial score (nSPS) is 13.4. The lowest BCUT2D eigenvalue weighted by Crippen LogP contribution is -2.33. The van der Waals surface area contributed by atoms with Gasteiger partial charge >= 0.3 is 0 Å². The molecule has 122 valence electrons. The van der Waals surface area contributed by atoms with Crippen LogP contribution in [0.3, 0.4) is 0 Å². The van der Waals surface area contributed by atoms with Crippen molar-refractivity contribution in [2.24, 2.45) is 0 Å². The maximum atomic E-state index is 12.5. The summed E-state index contributed by atoms with van der Waals surface area (Å²) in [4.78, 5) is 13.6. The minimum atomic E-state index is -0.120. The zero-order valence-electron chi connectivity index (χ0n) is 14.5. The lowest BCUT2D eigenvalue weighted by molar-refractivity contribution is -0.120. The number of aryl methyl sites for hydroxylation is 3. The highest BCUT2D eigenvalue weighted by atomic mass is 32.2. The molecule has 0 fully saturated rings. The van der Waals surface area contributed by atoms with Crippen molar-refractivity contribution in [2.75, 3.05) is 0 Å². The van der Waals surface area contributed by atoms with Crippen molar-refractivity contribution in [3.8, 4) is 0 Å². The van der Waals surface area contributed by atoms with Crippen LogP contribution in [0.25, 0.3) is 0 Å². The van der Waals surface area contributed by atoms with Gasteiger partial charge in [-0.1, -0.05) is 41.5 Å². The van der Waals surface area contributed by atoms with Crippen molar-refractivity contribution >= 4 is 17.7 Å². The van der Waals surface area contributed by atoms with E-state index in [2.05, 4.69) is 68.6 Å². The quantitative estimate of drug-likeness (QED) is 0.786. The van der Waals surface area contributed by atoms with E-state index in [-0.39, 0.29) is 17.2 Å². The number of rotatable bonds is 5. The number of amides is 1. The summed E-state index contributed by atoms with van der Waals surface area (Å²) < 4.78 is 0. The molecule has 2 aromatic carbocycles. The first-order chi connectivity index (χ1) is 10.9.